The molecule has 1 aliphatic heterocycles. The summed E-state index contributed by atoms with van der Waals surface area (Å²) >= 11 is 0. The first-order chi connectivity index (χ1) is 22.6. The molecule has 0 saturated carbocycles. The van der Waals surface area contributed by atoms with E-state index in [-0.39, 0.29) is 23.8 Å². The number of esters is 1. The number of aromatic nitrogens is 4. The van der Waals surface area contributed by atoms with Gasteiger partial charge in [-0.05, 0) is 26.0 Å². The molecular formula is C27H32FN6O13P. The number of nitrogens with zero attached hydrogens (tertiary/aromatic N) is 4. The number of para-hydroxylation sites is 1. The molecule has 0 fully saturated rings. The van der Waals surface area contributed by atoms with Crippen molar-refractivity contribution in [1.82, 2.24) is 24.6 Å². The van der Waals surface area contributed by atoms with Crippen molar-refractivity contribution in [2.24, 2.45) is 0 Å². The third-order valence-corrected chi connectivity index (χ3v) is 7.93. The van der Waals surface area contributed by atoms with Crippen molar-refractivity contribution in [1.29, 1.82) is 0 Å². The molecule has 0 saturated heterocycles. The second kappa shape index (κ2) is 16.2. The first-order valence-electron chi connectivity index (χ1n) is 13.8. The minimum absolute atomic E-state index is 0.143. The fourth-order valence-corrected chi connectivity index (χ4v) is 5.69. The third-order valence-electron chi connectivity index (χ3n) is 6.15. The Bertz CT molecular complexity index is 1690. The van der Waals surface area contributed by atoms with Crippen LogP contribution in [0.4, 0.5) is 10.2 Å². The Hall–Kier alpha value is -5.01. The fourth-order valence-electron chi connectivity index (χ4n) is 4.01. The molecule has 7 N–H and O–H groups in total. The Morgan fingerprint density at radius 2 is 1.77 bits per heavy atom. The number of aliphatic hydroxyl groups is 1. The molecular weight excluding hydrogens is 666 g/mol. The van der Waals surface area contributed by atoms with Crippen LogP contribution in [0.25, 0.3) is 11.2 Å². The molecule has 260 valence electrons. The number of nitrogen functional groups attached to an aromatic ring is 1. The van der Waals surface area contributed by atoms with Gasteiger partial charge < -0.3 is 44.9 Å². The molecule has 0 bridgehead atoms. The summed E-state index contributed by atoms with van der Waals surface area (Å²) < 4.78 is 51.5. The number of nitrogens with two attached hydrogens (primary N) is 1. The number of halogens is 1. The van der Waals surface area contributed by atoms with E-state index in [1.807, 2.05) is 0 Å². The van der Waals surface area contributed by atoms with Crippen LogP contribution in [-0.4, -0.2) is 94.7 Å². The zero-order valence-corrected chi connectivity index (χ0v) is 26.2. The van der Waals surface area contributed by atoms with Crippen molar-refractivity contribution in [3.63, 3.8) is 0 Å². The molecule has 3 aromatic rings. The SMILES string of the molecule is CCOC(=O)[C@H](C)N[P@@](=O)(CO[C@@H]1C=C(F)[C@H](n2cnc3c(N)ncnc32)O1)Oc1ccccc1.O=C(O)CC(O)(CC(=O)O)C(=O)O. The van der Waals surface area contributed by atoms with Gasteiger partial charge >= 0.3 is 31.4 Å². The Kier molecular flexibility index (Phi) is 12.6. The molecule has 19 nitrogen and oxygen atoms in total. The number of carbonyl (C=O) groups excluding carboxylic acids is 1. The van der Waals surface area contributed by atoms with E-state index < -0.39 is 80.6 Å². The predicted molar refractivity (Wildman–Crippen MR) is 160 cm³/mol. The summed E-state index contributed by atoms with van der Waals surface area (Å²) in [5, 5.41) is 36.5. The van der Waals surface area contributed by atoms with Gasteiger partial charge in [0.2, 0.25) is 0 Å². The molecule has 0 aliphatic carbocycles. The molecule has 0 amide bonds. The second-order valence-corrected chi connectivity index (χ2v) is 12.0. The number of anilines is 1. The highest BCUT2D eigenvalue weighted by molar-refractivity contribution is 7.57. The summed E-state index contributed by atoms with van der Waals surface area (Å²) in [4.78, 5) is 54.6. The summed E-state index contributed by atoms with van der Waals surface area (Å²) in [5.74, 6) is -5.87. The van der Waals surface area contributed by atoms with Crippen LogP contribution in [0.1, 0.15) is 32.9 Å². The number of ether oxygens (including phenoxy) is 3. The molecule has 21 heteroatoms. The molecule has 1 aliphatic rings. The third kappa shape index (κ3) is 9.99. The van der Waals surface area contributed by atoms with E-state index in [9.17, 15) is 28.1 Å². The first-order valence-corrected chi connectivity index (χ1v) is 15.6. The van der Waals surface area contributed by atoms with Crippen molar-refractivity contribution in [2.45, 2.75) is 50.8 Å². The number of carboxylic acid groups (broad SMARTS) is 3. The number of carboxylic acids is 3. The van der Waals surface area contributed by atoms with E-state index in [1.54, 1.807) is 37.3 Å². The molecule has 4 atom stereocenters. The van der Waals surface area contributed by atoms with E-state index in [0.29, 0.717) is 5.52 Å². The standard InChI is InChI=1S/C21H24FN6O6P.C6H8O7/c1-3-31-21(29)13(2)27-35(30,34-14-7-5-4-6-8-14)12-32-16-9-15(22)20(33-16)28-11-26-17-18(23)24-10-25-19(17)28;7-3(8)1-6(13,5(11)12)2-4(9)10/h4-11,13,16,20H,3,12H2,1-2H3,(H,27,30)(H2,23,24,25);13H,1-2H2,(H,7,8)(H,9,10)(H,11,12)/t13-,16-,20+,35+;/m0./s1. The highest BCUT2D eigenvalue weighted by Gasteiger charge is 2.41. The number of carbonyl (C=O) groups is 4. The highest BCUT2D eigenvalue weighted by Crippen LogP contribution is 2.45. The maximum Gasteiger partial charge on any atom is 0.342 e. The highest BCUT2D eigenvalue weighted by atomic mass is 31.2. The van der Waals surface area contributed by atoms with Gasteiger partial charge in [-0.2, -0.15) is 0 Å². The summed E-state index contributed by atoms with van der Waals surface area (Å²) in [7, 11) is -3.83. The van der Waals surface area contributed by atoms with Gasteiger partial charge in [0.1, 0.15) is 23.6 Å². The van der Waals surface area contributed by atoms with E-state index in [0.717, 1.165) is 6.08 Å². The van der Waals surface area contributed by atoms with Crippen LogP contribution in [0.3, 0.4) is 0 Å². The monoisotopic (exact) mass is 698 g/mol. The van der Waals surface area contributed by atoms with E-state index in [1.165, 1.54) is 24.1 Å². The predicted octanol–water partition coefficient (Wildman–Crippen LogP) is 1.66. The minimum Gasteiger partial charge on any atom is -0.481 e. The summed E-state index contributed by atoms with van der Waals surface area (Å²) in [6.07, 6.45) is -1.61. The molecule has 4 rings (SSSR count). The lowest BCUT2D eigenvalue weighted by Crippen LogP contribution is -2.42. The van der Waals surface area contributed by atoms with Crippen molar-refractivity contribution < 1.29 is 67.3 Å². The van der Waals surface area contributed by atoms with Crippen LogP contribution < -0.4 is 15.3 Å². The van der Waals surface area contributed by atoms with E-state index in [2.05, 4.69) is 20.0 Å². The molecule has 48 heavy (non-hydrogen) atoms. The van der Waals surface area contributed by atoms with E-state index >= 15 is 0 Å². The number of hydrogen-bond acceptors (Lipinski definition) is 14. The van der Waals surface area contributed by atoms with Gasteiger partial charge in [0.15, 0.2) is 41.8 Å². The average molecular weight is 699 g/mol. The lowest BCUT2D eigenvalue weighted by molar-refractivity contribution is -0.170. The summed E-state index contributed by atoms with van der Waals surface area (Å²) in [6.45, 7) is 3.30. The minimum atomic E-state index is -3.83. The molecule has 2 aromatic heterocycles. The number of rotatable bonds is 15. The number of aliphatic carboxylic acids is 3. The number of benzene rings is 1. The Balaban J connectivity index is 0.000000408. The van der Waals surface area contributed by atoms with Crippen LogP contribution in [-0.2, 0) is 38.0 Å². The van der Waals surface area contributed by atoms with Gasteiger partial charge in [0, 0.05) is 6.08 Å². The van der Waals surface area contributed by atoms with Gasteiger partial charge in [-0.3, -0.25) is 23.5 Å². The number of hydrogen-bond donors (Lipinski definition) is 6. The lowest BCUT2D eigenvalue weighted by Gasteiger charge is -2.24. The largest absolute Gasteiger partial charge is 0.481 e. The Labute approximate surface area is 270 Å². The molecule has 0 spiro atoms. The summed E-state index contributed by atoms with van der Waals surface area (Å²) in [6, 6.07) is 7.40. The normalized spacial score (nSPS) is 17.7. The zero-order valence-electron chi connectivity index (χ0n) is 25.3. The quantitative estimate of drug-likeness (QED) is 0.0971. The van der Waals surface area contributed by atoms with Gasteiger partial charge in [-0.25, -0.2) is 29.2 Å². The Morgan fingerprint density at radius 3 is 2.35 bits per heavy atom. The zero-order chi connectivity index (χ0) is 35.6. The fraction of sp³-hybridized carbons (Fsp3) is 0.370. The van der Waals surface area contributed by atoms with Crippen LogP contribution >= 0.6 is 7.52 Å². The van der Waals surface area contributed by atoms with Gasteiger partial charge in [0.05, 0.1) is 25.8 Å². The van der Waals surface area contributed by atoms with Crippen LogP contribution in [0.5, 0.6) is 5.75 Å². The maximum absolute atomic E-state index is 14.8. The van der Waals surface area contributed by atoms with Crippen molar-refractivity contribution in [3.8, 4) is 5.75 Å². The van der Waals surface area contributed by atoms with Crippen LogP contribution in [0, 0.1) is 0 Å². The van der Waals surface area contributed by atoms with Crippen molar-refractivity contribution in [3.05, 3.63) is 54.9 Å². The van der Waals surface area contributed by atoms with Gasteiger partial charge in [0.25, 0.3) is 0 Å². The second-order valence-electron chi connectivity index (χ2n) is 9.95. The number of fused-ring (bicyclic) bond motifs is 1. The Morgan fingerprint density at radius 1 is 1.12 bits per heavy atom. The molecule has 3 heterocycles. The molecule has 0 radical (unpaired) electrons. The number of imidazole rings is 1. The topological polar surface area (TPSA) is 285 Å². The maximum atomic E-state index is 14.8. The smallest absolute Gasteiger partial charge is 0.342 e. The van der Waals surface area contributed by atoms with Crippen LogP contribution in [0.15, 0.2) is 54.9 Å². The molecule has 1 aromatic carbocycles. The summed E-state index contributed by atoms with van der Waals surface area (Å²) in [5.41, 5.74) is 3.62. The van der Waals surface area contributed by atoms with Gasteiger partial charge in [-0.1, -0.05) is 18.2 Å². The van der Waals surface area contributed by atoms with Crippen LogP contribution in [0.2, 0.25) is 0 Å². The first kappa shape index (κ1) is 37.4. The average Bonchev–Trinajstić information content (AvgIpc) is 3.60. The van der Waals surface area contributed by atoms with E-state index in [4.69, 9.17) is 44.9 Å². The molecule has 0 unspecified atom stereocenters. The van der Waals surface area contributed by atoms with Crippen molar-refractivity contribution in [2.75, 3.05) is 18.7 Å². The lowest BCUT2D eigenvalue weighted by atomic mass is 9.96. The number of nitrogens with one attached hydrogen (secondary N) is 1. The van der Waals surface area contributed by atoms with Crippen molar-refractivity contribution >= 4 is 48.4 Å². The van der Waals surface area contributed by atoms with Gasteiger partial charge in [-0.15, -0.1) is 0 Å².